The van der Waals surface area contributed by atoms with Crippen molar-refractivity contribution in [2.24, 2.45) is 0 Å². The SMILES string of the molecule is CC[C@H](C)[NH+]1CC[NH+](Cc2ccccc2C)CC1. The molecule has 1 atom stereocenters. The molecule has 0 spiro atoms. The Bertz CT molecular complexity index is 367. The molecule has 0 bridgehead atoms. The van der Waals surface area contributed by atoms with Gasteiger partial charge in [-0.3, -0.25) is 0 Å². The summed E-state index contributed by atoms with van der Waals surface area (Å²) in [5.41, 5.74) is 2.97. The van der Waals surface area contributed by atoms with Crippen LogP contribution in [0.3, 0.4) is 0 Å². The maximum atomic E-state index is 2.39. The molecule has 0 aromatic heterocycles. The van der Waals surface area contributed by atoms with Crippen LogP contribution in [-0.2, 0) is 6.54 Å². The molecule has 0 aliphatic carbocycles. The van der Waals surface area contributed by atoms with Crippen molar-refractivity contribution in [3.8, 4) is 0 Å². The van der Waals surface area contributed by atoms with E-state index in [9.17, 15) is 0 Å². The van der Waals surface area contributed by atoms with Crippen LogP contribution in [0.15, 0.2) is 24.3 Å². The van der Waals surface area contributed by atoms with Crippen LogP contribution in [0.4, 0.5) is 0 Å². The number of piperazine rings is 1. The van der Waals surface area contributed by atoms with Gasteiger partial charge in [-0.15, -0.1) is 0 Å². The first-order valence-electron chi connectivity index (χ1n) is 7.43. The molecule has 1 aromatic carbocycles. The lowest BCUT2D eigenvalue weighted by Gasteiger charge is -2.33. The highest BCUT2D eigenvalue weighted by Crippen LogP contribution is 2.04. The molecule has 0 saturated carbocycles. The Labute approximate surface area is 112 Å². The average Bonchev–Trinajstić information content (AvgIpc) is 2.41. The maximum absolute atomic E-state index is 2.39. The van der Waals surface area contributed by atoms with Gasteiger partial charge < -0.3 is 9.80 Å². The molecule has 2 nitrogen and oxygen atoms in total. The molecule has 1 aliphatic heterocycles. The van der Waals surface area contributed by atoms with Gasteiger partial charge in [0.1, 0.15) is 32.7 Å². The Hall–Kier alpha value is -0.860. The van der Waals surface area contributed by atoms with Gasteiger partial charge in [-0.25, -0.2) is 0 Å². The summed E-state index contributed by atoms with van der Waals surface area (Å²) < 4.78 is 0. The van der Waals surface area contributed by atoms with Crippen LogP contribution in [0, 0.1) is 6.92 Å². The predicted octanol–water partition coefficient (Wildman–Crippen LogP) is 0.0769. The maximum Gasteiger partial charge on any atom is 0.127 e. The van der Waals surface area contributed by atoms with Crippen molar-refractivity contribution in [2.75, 3.05) is 26.2 Å². The standard InChI is InChI=1S/C16H26N2/c1-4-15(3)18-11-9-17(10-12-18)13-16-8-6-5-7-14(16)2/h5-8,15H,4,9-13H2,1-3H3/p+2/t15-/m0/s1. The second-order valence-corrected chi connectivity index (χ2v) is 5.82. The van der Waals surface area contributed by atoms with Gasteiger partial charge in [-0.05, 0) is 25.8 Å². The number of rotatable bonds is 4. The molecule has 100 valence electrons. The Kier molecular flexibility index (Phi) is 4.79. The summed E-state index contributed by atoms with van der Waals surface area (Å²) in [6.45, 7) is 13.5. The molecule has 0 amide bonds. The number of benzene rings is 1. The molecule has 2 N–H and O–H groups in total. The van der Waals surface area contributed by atoms with Crippen molar-refractivity contribution >= 4 is 0 Å². The molecule has 1 aromatic rings. The highest BCUT2D eigenvalue weighted by atomic mass is 15.3. The molecule has 0 radical (unpaired) electrons. The molecule has 18 heavy (non-hydrogen) atoms. The zero-order chi connectivity index (χ0) is 13.0. The van der Waals surface area contributed by atoms with E-state index in [0.29, 0.717) is 0 Å². The quantitative estimate of drug-likeness (QED) is 0.747. The number of hydrogen-bond acceptors (Lipinski definition) is 0. The van der Waals surface area contributed by atoms with Crippen LogP contribution >= 0.6 is 0 Å². The van der Waals surface area contributed by atoms with Gasteiger partial charge in [-0.2, -0.15) is 0 Å². The Morgan fingerprint density at radius 1 is 1.11 bits per heavy atom. The minimum absolute atomic E-state index is 0.838. The van der Waals surface area contributed by atoms with Gasteiger partial charge in [-0.1, -0.05) is 31.2 Å². The highest BCUT2D eigenvalue weighted by molar-refractivity contribution is 5.24. The Morgan fingerprint density at radius 2 is 1.78 bits per heavy atom. The third-order valence-corrected chi connectivity index (χ3v) is 4.61. The molecule has 1 fully saturated rings. The zero-order valence-corrected chi connectivity index (χ0v) is 12.1. The van der Waals surface area contributed by atoms with Crippen molar-refractivity contribution in [3.63, 3.8) is 0 Å². The molecule has 2 heteroatoms. The summed E-state index contributed by atoms with van der Waals surface area (Å²) in [4.78, 5) is 3.57. The van der Waals surface area contributed by atoms with Crippen LogP contribution in [0.2, 0.25) is 0 Å². The van der Waals surface area contributed by atoms with Crippen LogP contribution in [0.5, 0.6) is 0 Å². The van der Waals surface area contributed by atoms with Gasteiger partial charge in [0.2, 0.25) is 0 Å². The van der Waals surface area contributed by atoms with E-state index in [1.165, 1.54) is 50.3 Å². The predicted molar refractivity (Wildman–Crippen MR) is 76.0 cm³/mol. The monoisotopic (exact) mass is 248 g/mol. The molecule has 1 saturated heterocycles. The normalized spacial score (nSPS) is 25.9. The number of quaternary nitrogens is 2. The second-order valence-electron chi connectivity index (χ2n) is 5.82. The highest BCUT2D eigenvalue weighted by Gasteiger charge is 2.26. The van der Waals surface area contributed by atoms with Crippen LogP contribution < -0.4 is 9.80 Å². The Morgan fingerprint density at radius 3 is 2.39 bits per heavy atom. The number of nitrogens with one attached hydrogen (secondary N) is 2. The van der Waals surface area contributed by atoms with E-state index in [0.717, 1.165) is 6.04 Å². The zero-order valence-electron chi connectivity index (χ0n) is 12.1. The van der Waals surface area contributed by atoms with Gasteiger partial charge in [0.25, 0.3) is 0 Å². The smallest absolute Gasteiger partial charge is 0.127 e. The summed E-state index contributed by atoms with van der Waals surface area (Å²) >= 11 is 0. The summed E-state index contributed by atoms with van der Waals surface area (Å²) in [5.74, 6) is 0. The van der Waals surface area contributed by atoms with Crippen molar-refractivity contribution in [2.45, 2.75) is 39.8 Å². The fourth-order valence-electron chi connectivity index (χ4n) is 2.96. The minimum Gasteiger partial charge on any atom is -0.323 e. The van der Waals surface area contributed by atoms with E-state index < -0.39 is 0 Å². The third-order valence-electron chi connectivity index (χ3n) is 4.61. The van der Waals surface area contributed by atoms with Crippen molar-refractivity contribution in [1.29, 1.82) is 0 Å². The first-order chi connectivity index (χ1) is 8.70. The van der Waals surface area contributed by atoms with Crippen LogP contribution in [0.1, 0.15) is 31.4 Å². The molecule has 1 heterocycles. The van der Waals surface area contributed by atoms with Crippen LogP contribution in [0.25, 0.3) is 0 Å². The van der Waals surface area contributed by atoms with E-state index in [1.54, 1.807) is 4.90 Å². The summed E-state index contributed by atoms with van der Waals surface area (Å²) in [7, 11) is 0. The average molecular weight is 248 g/mol. The lowest BCUT2D eigenvalue weighted by Crippen LogP contribution is -3.29. The summed E-state index contributed by atoms with van der Waals surface area (Å²) in [6, 6.07) is 9.66. The minimum atomic E-state index is 0.838. The third kappa shape index (κ3) is 3.33. The molecule has 2 rings (SSSR count). The van der Waals surface area contributed by atoms with Crippen molar-refractivity contribution < 1.29 is 9.80 Å². The van der Waals surface area contributed by atoms with E-state index >= 15 is 0 Å². The Balaban J connectivity index is 1.86. The number of hydrogen-bond donors (Lipinski definition) is 2. The van der Waals surface area contributed by atoms with E-state index in [-0.39, 0.29) is 0 Å². The van der Waals surface area contributed by atoms with Gasteiger partial charge in [0, 0.05) is 5.56 Å². The van der Waals surface area contributed by atoms with Crippen molar-refractivity contribution in [3.05, 3.63) is 35.4 Å². The fourth-order valence-corrected chi connectivity index (χ4v) is 2.96. The largest absolute Gasteiger partial charge is 0.323 e. The van der Waals surface area contributed by atoms with Crippen LogP contribution in [-0.4, -0.2) is 32.2 Å². The topological polar surface area (TPSA) is 8.88 Å². The molecule has 0 unspecified atom stereocenters. The molecular formula is C16H28N2+2. The summed E-state index contributed by atoms with van der Waals surface area (Å²) in [6.07, 6.45) is 1.31. The molecule has 1 aliphatic rings. The molecular weight excluding hydrogens is 220 g/mol. The van der Waals surface area contributed by atoms with E-state index in [1.807, 2.05) is 4.90 Å². The lowest BCUT2D eigenvalue weighted by molar-refractivity contribution is -1.03. The lowest BCUT2D eigenvalue weighted by atomic mass is 10.1. The first kappa shape index (κ1) is 13.6. The van der Waals surface area contributed by atoms with E-state index in [4.69, 9.17) is 0 Å². The summed E-state index contributed by atoms with van der Waals surface area (Å²) in [5, 5.41) is 0. The number of aryl methyl sites for hydroxylation is 1. The fraction of sp³-hybridized carbons (Fsp3) is 0.625. The van der Waals surface area contributed by atoms with Gasteiger partial charge in [0.15, 0.2) is 0 Å². The van der Waals surface area contributed by atoms with Gasteiger partial charge in [0.05, 0.1) is 6.04 Å². The van der Waals surface area contributed by atoms with Gasteiger partial charge >= 0.3 is 0 Å². The van der Waals surface area contributed by atoms with Crippen molar-refractivity contribution in [1.82, 2.24) is 0 Å². The second kappa shape index (κ2) is 6.35. The van der Waals surface area contributed by atoms with E-state index in [2.05, 4.69) is 45.0 Å². The first-order valence-corrected chi connectivity index (χ1v) is 7.43.